The van der Waals surface area contributed by atoms with E-state index in [2.05, 4.69) is 41.5 Å². The van der Waals surface area contributed by atoms with Gasteiger partial charge in [-0.1, -0.05) is 29.5 Å². The fourth-order valence-electron chi connectivity index (χ4n) is 0.655. The summed E-state index contributed by atoms with van der Waals surface area (Å²) in [5, 5.41) is 0. The van der Waals surface area contributed by atoms with Gasteiger partial charge in [-0.2, -0.15) is 0 Å². The Kier molecular flexibility index (Phi) is 5.83. The van der Waals surface area contributed by atoms with Crippen molar-refractivity contribution in [2.24, 2.45) is 11.7 Å². The van der Waals surface area contributed by atoms with Crippen LogP contribution in [0.15, 0.2) is 0 Å². The van der Waals surface area contributed by atoms with Gasteiger partial charge in [0.05, 0.1) is 4.55 Å². The maximum atomic E-state index is 5.45. The van der Waals surface area contributed by atoms with Crippen LogP contribution in [0.5, 0.6) is 0 Å². The van der Waals surface area contributed by atoms with Gasteiger partial charge in [0.15, 0.2) is 0 Å². The Morgan fingerprint density at radius 1 is 1.67 bits per heavy atom. The molecule has 0 radical (unpaired) electrons. The third kappa shape index (κ3) is 5.11. The van der Waals surface area contributed by atoms with Crippen LogP contribution in [0.2, 0.25) is 0 Å². The first-order valence-corrected chi connectivity index (χ1v) is 4.67. The monoisotopic (exact) mass is 242 g/mol. The molecular weight excluding hydrogens is 227 g/mol. The van der Waals surface area contributed by atoms with Crippen molar-refractivity contribution in [3.8, 4) is 0 Å². The summed E-state index contributed by atoms with van der Waals surface area (Å²) >= 11 is 2.35. The zero-order chi connectivity index (χ0) is 7.28. The molecule has 0 heterocycles. The van der Waals surface area contributed by atoms with E-state index in [1.54, 1.807) is 0 Å². The summed E-state index contributed by atoms with van der Waals surface area (Å²) in [6.07, 6.45) is 0. The molecule has 0 fully saturated rings. The predicted molar refractivity (Wildman–Crippen MR) is 49.7 cm³/mol. The molecule has 1 atom stereocenters. The topological polar surface area (TPSA) is 29.3 Å². The smallest absolute Gasteiger partial charge is 0.0502 e. The second-order valence-electron chi connectivity index (χ2n) is 2.50. The Balaban J connectivity index is 3.22. The highest BCUT2D eigenvalue weighted by molar-refractivity contribution is 14.1. The van der Waals surface area contributed by atoms with Gasteiger partial charge in [0.25, 0.3) is 0 Å². The molecule has 0 spiro atoms. The summed E-state index contributed by atoms with van der Waals surface area (Å²) in [5.41, 5.74) is 5.45. The highest BCUT2D eigenvalue weighted by atomic mass is 127. The molecule has 2 N–H and O–H groups in total. The highest BCUT2D eigenvalue weighted by Gasteiger charge is 2.01. The van der Waals surface area contributed by atoms with Crippen molar-refractivity contribution < 1.29 is 0 Å². The average molecular weight is 242 g/mol. The van der Waals surface area contributed by atoms with Crippen LogP contribution in [-0.4, -0.2) is 29.6 Å². The summed E-state index contributed by atoms with van der Waals surface area (Å²) in [6, 6.07) is 0. The lowest BCUT2D eigenvalue weighted by Crippen LogP contribution is -2.27. The van der Waals surface area contributed by atoms with E-state index in [0.717, 1.165) is 17.6 Å². The molecule has 56 valence electrons. The summed E-state index contributed by atoms with van der Waals surface area (Å²) in [5.74, 6) is 0.629. The Morgan fingerprint density at radius 2 is 2.22 bits per heavy atom. The summed E-state index contributed by atoms with van der Waals surface area (Å²) < 4.78 is 1.09. The molecular formula is C6H15IN2. The fourth-order valence-corrected chi connectivity index (χ4v) is 0.934. The van der Waals surface area contributed by atoms with Crippen LogP contribution >= 0.6 is 22.6 Å². The van der Waals surface area contributed by atoms with Gasteiger partial charge in [-0.3, -0.25) is 4.90 Å². The van der Waals surface area contributed by atoms with E-state index in [4.69, 9.17) is 5.73 Å². The number of alkyl halides is 1. The number of halogens is 1. The average Bonchev–Trinajstić information content (AvgIpc) is 1.87. The first-order chi connectivity index (χ1) is 4.20. The molecule has 2 nitrogen and oxygen atoms in total. The van der Waals surface area contributed by atoms with Crippen molar-refractivity contribution in [1.82, 2.24) is 4.90 Å². The summed E-state index contributed by atoms with van der Waals surface area (Å²) in [7, 11) is 2.11. The minimum atomic E-state index is 0.629. The summed E-state index contributed by atoms with van der Waals surface area (Å²) in [6.45, 7) is 4.07. The molecule has 0 aliphatic carbocycles. The van der Waals surface area contributed by atoms with E-state index in [1.807, 2.05) is 0 Å². The molecule has 0 saturated carbocycles. The number of nitrogens with two attached hydrogens (primary N) is 1. The van der Waals surface area contributed by atoms with Crippen molar-refractivity contribution >= 4 is 22.6 Å². The van der Waals surface area contributed by atoms with E-state index < -0.39 is 0 Å². The van der Waals surface area contributed by atoms with E-state index in [9.17, 15) is 0 Å². The maximum Gasteiger partial charge on any atom is 0.0502 e. The van der Waals surface area contributed by atoms with Crippen molar-refractivity contribution in [3.63, 3.8) is 0 Å². The predicted octanol–water partition coefficient (Wildman–Crippen LogP) is 0.906. The number of nitrogens with zero attached hydrogens (tertiary/aromatic N) is 1. The van der Waals surface area contributed by atoms with Crippen LogP contribution in [0.4, 0.5) is 0 Å². The fraction of sp³-hybridized carbons (Fsp3) is 1.00. The lowest BCUT2D eigenvalue weighted by molar-refractivity contribution is 0.338. The first kappa shape index (κ1) is 9.65. The van der Waals surface area contributed by atoms with Crippen molar-refractivity contribution in [1.29, 1.82) is 0 Å². The molecule has 0 aliphatic rings. The molecule has 0 aromatic rings. The lowest BCUT2D eigenvalue weighted by atomic mass is 10.2. The highest BCUT2D eigenvalue weighted by Crippen LogP contribution is 1.96. The normalized spacial score (nSPS) is 14.3. The molecule has 0 aliphatic heterocycles. The minimum Gasteiger partial charge on any atom is -0.330 e. The van der Waals surface area contributed by atoms with Crippen LogP contribution in [-0.2, 0) is 0 Å². The van der Waals surface area contributed by atoms with Crippen molar-refractivity contribution in [2.75, 3.05) is 24.7 Å². The van der Waals surface area contributed by atoms with Gasteiger partial charge in [0.2, 0.25) is 0 Å². The second-order valence-corrected chi connectivity index (χ2v) is 3.18. The third-order valence-corrected chi connectivity index (χ3v) is 2.39. The standard InChI is InChI=1S/C6H15IN2/c1-6(3-8)4-9(2)5-7/h6H,3-5,8H2,1-2H3. The molecule has 0 aromatic heterocycles. The molecule has 1 unspecified atom stereocenters. The Bertz CT molecular complexity index is 60.1. The Labute approximate surface area is 70.9 Å². The molecule has 9 heavy (non-hydrogen) atoms. The van der Waals surface area contributed by atoms with Crippen LogP contribution < -0.4 is 5.73 Å². The lowest BCUT2D eigenvalue weighted by Gasteiger charge is -2.16. The molecule has 0 rings (SSSR count). The second kappa shape index (κ2) is 5.44. The number of hydrogen-bond donors (Lipinski definition) is 1. The molecule has 0 aromatic carbocycles. The van der Waals surface area contributed by atoms with Crippen molar-refractivity contribution in [3.05, 3.63) is 0 Å². The molecule has 0 saturated heterocycles. The van der Waals surface area contributed by atoms with Crippen LogP contribution in [0.3, 0.4) is 0 Å². The zero-order valence-corrected chi connectivity index (χ0v) is 8.26. The number of rotatable bonds is 4. The third-order valence-electron chi connectivity index (χ3n) is 1.23. The molecule has 0 amide bonds. The first-order valence-electron chi connectivity index (χ1n) is 3.15. The van der Waals surface area contributed by atoms with E-state index in [0.29, 0.717) is 5.92 Å². The van der Waals surface area contributed by atoms with Gasteiger partial charge < -0.3 is 5.73 Å². The van der Waals surface area contributed by atoms with Gasteiger partial charge in [0, 0.05) is 6.54 Å². The van der Waals surface area contributed by atoms with Gasteiger partial charge in [-0.15, -0.1) is 0 Å². The summed E-state index contributed by atoms with van der Waals surface area (Å²) in [4.78, 5) is 2.26. The maximum absolute atomic E-state index is 5.45. The Hall–Kier alpha value is 0.650. The number of hydrogen-bond acceptors (Lipinski definition) is 2. The molecule has 3 heteroatoms. The van der Waals surface area contributed by atoms with Crippen LogP contribution in [0, 0.1) is 5.92 Å². The van der Waals surface area contributed by atoms with Crippen LogP contribution in [0.1, 0.15) is 6.92 Å². The Morgan fingerprint density at radius 3 is 2.56 bits per heavy atom. The minimum absolute atomic E-state index is 0.629. The molecule has 0 bridgehead atoms. The van der Waals surface area contributed by atoms with E-state index >= 15 is 0 Å². The SMILES string of the molecule is CC(CN)CN(C)CI. The zero-order valence-electron chi connectivity index (χ0n) is 6.10. The quantitative estimate of drug-likeness (QED) is 0.451. The van der Waals surface area contributed by atoms with Gasteiger partial charge in [-0.25, -0.2) is 0 Å². The van der Waals surface area contributed by atoms with Crippen molar-refractivity contribution in [2.45, 2.75) is 6.92 Å². The van der Waals surface area contributed by atoms with Gasteiger partial charge in [0.1, 0.15) is 0 Å². The van der Waals surface area contributed by atoms with Gasteiger partial charge in [-0.05, 0) is 19.5 Å². The van der Waals surface area contributed by atoms with E-state index in [1.165, 1.54) is 0 Å². The van der Waals surface area contributed by atoms with Crippen LogP contribution in [0.25, 0.3) is 0 Å². The largest absolute Gasteiger partial charge is 0.330 e. The van der Waals surface area contributed by atoms with Gasteiger partial charge >= 0.3 is 0 Å². The van der Waals surface area contributed by atoms with E-state index in [-0.39, 0.29) is 0 Å².